The van der Waals surface area contributed by atoms with Gasteiger partial charge in [0.25, 0.3) is 5.69 Å². The molecule has 10 heteroatoms. The van der Waals surface area contributed by atoms with Crippen molar-refractivity contribution in [1.82, 2.24) is 5.32 Å². The summed E-state index contributed by atoms with van der Waals surface area (Å²) in [6, 6.07) is 19.4. The zero-order valence-corrected chi connectivity index (χ0v) is 20.0. The Bertz CT molecular complexity index is 1310. The number of non-ortho nitro benzene ring substituents is 1. The molecule has 0 bridgehead atoms. The summed E-state index contributed by atoms with van der Waals surface area (Å²) in [6.07, 6.45) is -1.18. The highest BCUT2D eigenvalue weighted by atomic mass is 16.6. The normalized spacial score (nSPS) is 19.1. The lowest BCUT2D eigenvalue weighted by atomic mass is 9.91. The van der Waals surface area contributed by atoms with Crippen molar-refractivity contribution in [2.75, 3.05) is 0 Å². The molecule has 4 rings (SSSR count). The molecule has 0 saturated carbocycles. The molecule has 3 aromatic rings. The number of hydrogen-bond acceptors (Lipinski definition) is 9. The van der Waals surface area contributed by atoms with Gasteiger partial charge in [-0.25, -0.2) is 0 Å². The first-order valence-electron chi connectivity index (χ1n) is 11.7. The van der Waals surface area contributed by atoms with Crippen molar-refractivity contribution >= 4 is 17.6 Å². The van der Waals surface area contributed by atoms with Gasteiger partial charge >= 0.3 is 11.9 Å². The lowest BCUT2D eigenvalue weighted by Gasteiger charge is -2.28. The van der Waals surface area contributed by atoms with Gasteiger partial charge in [0.15, 0.2) is 11.6 Å². The van der Waals surface area contributed by atoms with E-state index < -0.39 is 34.7 Å². The first-order chi connectivity index (χ1) is 17.7. The van der Waals surface area contributed by atoms with Crippen LogP contribution in [-0.2, 0) is 38.0 Å². The minimum Gasteiger partial charge on any atom is -0.460 e. The molecular weight excluding hydrogens is 480 g/mol. The second-order valence-electron chi connectivity index (χ2n) is 8.60. The number of fused-ring (bicyclic) bond motifs is 1. The van der Waals surface area contributed by atoms with Gasteiger partial charge in [0, 0.05) is 28.8 Å². The minimum atomic E-state index is -1.90. The van der Waals surface area contributed by atoms with E-state index in [1.54, 1.807) is 43.3 Å². The molecule has 0 aliphatic carbocycles. The number of nitro groups is 1. The Hall–Kier alpha value is -4.12. The van der Waals surface area contributed by atoms with E-state index in [9.17, 15) is 29.9 Å². The summed E-state index contributed by atoms with van der Waals surface area (Å²) in [5.74, 6) is -2.58. The highest BCUT2D eigenvalue weighted by molar-refractivity contribution is 5.94. The van der Waals surface area contributed by atoms with Crippen LogP contribution >= 0.6 is 0 Å². The van der Waals surface area contributed by atoms with Gasteiger partial charge in [-0.15, -0.1) is 0 Å². The zero-order valence-electron chi connectivity index (χ0n) is 20.0. The number of aliphatic hydroxyl groups is 2. The van der Waals surface area contributed by atoms with Gasteiger partial charge in [-0.3, -0.25) is 25.0 Å². The summed E-state index contributed by atoms with van der Waals surface area (Å²) >= 11 is 0. The Balaban J connectivity index is 1.49. The van der Waals surface area contributed by atoms with E-state index >= 15 is 0 Å². The second-order valence-corrected chi connectivity index (χ2v) is 8.60. The molecule has 3 N–H and O–H groups in total. The quantitative estimate of drug-likeness (QED) is 0.172. The molecular formula is C27H26N2O8. The fourth-order valence-corrected chi connectivity index (χ4v) is 4.30. The number of nitrogens with one attached hydrogen (secondary N) is 1. The van der Waals surface area contributed by atoms with E-state index in [-0.39, 0.29) is 42.0 Å². The van der Waals surface area contributed by atoms with Crippen molar-refractivity contribution in [2.45, 2.75) is 38.5 Å². The summed E-state index contributed by atoms with van der Waals surface area (Å²) in [6.45, 7) is 1.44. The van der Waals surface area contributed by atoms with Gasteiger partial charge in [-0.05, 0) is 23.6 Å². The number of ether oxygens (including phenoxy) is 2. The standard InChI is InChI=1S/C27H26N2O8/c1-2-20(25(31)36-15-17-8-4-3-5-9-17)26(32)37-16-18-10-6-7-11-22(18)27(33)23-13-12-19(29(34)35)14-21(23)24(30)28-27/h3-14,20,24,28,30,33H,2,15-16H2,1H3. The number of aliphatic hydroxyl groups excluding tert-OH is 1. The maximum absolute atomic E-state index is 12.8. The Morgan fingerprint density at radius 1 is 1.00 bits per heavy atom. The Labute approximate surface area is 212 Å². The van der Waals surface area contributed by atoms with Crippen LogP contribution in [-0.4, -0.2) is 27.1 Å². The van der Waals surface area contributed by atoms with Crippen LogP contribution in [0.5, 0.6) is 0 Å². The number of carbonyl (C=O) groups excluding carboxylic acids is 2. The van der Waals surface area contributed by atoms with Gasteiger partial charge in [-0.2, -0.15) is 0 Å². The highest BCUT2D eigenvalue weighted by Crippen LogP contribution is 2.42. The number of nitrogens with zero attached hydrogens (tertiary/aromatic N) is 1. The molecule has 1 heterocycles. The van der Waals surface area contributed by atoms with Gasteiger partial charge in [-0.1, -0.05) is 61.5 Å². The fourth-order valence-electron chi connectivity index (χ4n) is 4.30. The van der Waals surface area contributed by atoms with Crippen molar-refractivity contribution in [3.8, 4) is 0 Å². The Kier molecular flexibility index (Phi) is 7.63. The smallest absolute Gasteiger partial charge is 0.320 e. The summed E-state index contributed by atoms with van der Waals surface area (Å²) < 4.78 is 10.7. The van der Waals surface area contributed by atoms with Crippen LogP contribution in [0, 0.1) is 16.0 Å². The van der Waals surface area contributed by atoms with Crippen LogP contribution in [0.3, 0.4) is 0 Å². The van der Waals surface area contributed by atoms with Crippen molar-refractivity contribution < 1.29 is 34.2 Å². The lowest BCUT2D eigenvalue weighted by Crippen LogP contribution is -2.40. The van der Waals surface area contributed by atoms with Gasteiger partial charge < -0.3 is 19.7 Å². The molecule has 192 valence electrons. The number of nitro benzene ring substituents is 1. The van der Waals surface area contributed by atoms with Crippen LogP contribution in [0.4, 0.5) is 5.69 Å². The number of carbonyl (C=O) groups is 2. The van der Waals surface area contributed by atoms with E-state index in [0.717, 1.165) is 5.56 Å². The van der Waals surface area contributed by atoms with Crippen molar-refractivity contribution in [3.05, 3.63) is 111 Å². The second kappa shape index (κ2) is 10.9. The molecule has 0 spiro atoms. The zero-order chi connectivity index (χ0) is 26.6. The molecule has 0 saturated heterocycles. The van der Waals surface area contributed by atoms with E-state index in [4.69, 9.17) is 9.47 Å². The molecule has 3 aromatic carbocycles. The lowest BCUT2D eigenvalue weighted by molar-refractivity contribution is -0.385. The van der Waals surface area contributed by atoms with Gasteiger partial charge in [0.2, 0.25) is 0 Å². The van der Waals surface area contributed by atoms with Crippen molar-refractivity contribution in [3.63, 3.8) is 0 Å². The molecule has 0 amide bonds. The van der Waals surface area contributed by atoms with E-state index in [1.807, 2.05) is 18.2 Å². The average molecular weight is 507 g/mol. The van der Waals surface area contributed by atoms with Gasteiger partial charge in [0.1, 0.15) is 19.4 Å². The van der Waals surface area contributed by atoms with E-state index in [0.29, 0.717) is 5.56 Å². The van der Waals surface area contributed by atoms with Gasteiger partial charge in [0.05, 0.1) is 4.92 Å². The maximum Gasteiger partial charge on any atom is 0.320 e. The predicted molar refractivity (Wildman–Crippen MR) is 130 cm³/mol. The minimum absolute atomic E-state index is 0.0326. The van der Waals surface area contributed by atoms with Crippen LogP contribution < -0.4 is 5.32 Å². The highest BCUT2D eigenvalue weighted by Gasteiger charge is 2.44. The van der Waals surface area contributed by atoms with Crippen LogP contribution in [0.25, 0.3) is 0 Å². The third-order valence-electron chi connectivity index (χ3n) is 6.25. The summed E-state index contributed by atoms with van der Waals surface area (Å²) in [5.41, 5.74) is -0.234. The third kappa shape index (κ3) is 5.36. The number of esters is 2. The molecule has 37 heavy (non-hydrogen) atoms. The summed E-state index contributed by atoms with van der Waals surface area (Å²) in [4.78, 5) is 35.8. The number of rotatable bonds is 9. The summed E-state index contributed by atoms with van der Waals surface area (Å²) in [7, 11) is 0. The molecule has 0 aromatic heterocycles. The molecule has 1 aliphatic heterocycles. The van der Waals surface area contributed by atoms with E-state index in [2.05, 4.69) is 5.32 Å². The van der Waals surface area contributed by atoms with Crippen molar-refractivity contribution in [1.29, 1.82) is 0 Å². The fraction of sp³-hybridized carbons (Fsp3) is 0.259. The largest absolute Gasteiger partial charge is 0.460 e. The van der Waals surface area contributed by atoms with Crippen LogP contribution in [0.15, 0.2) is 72.8 Å². The van der Waals surface area contributed by atoms with E-state index in [1.165, 1.54) is 18.2 Å². The third-order valence-corrected chi connectivity index (χ3v) is 6.25. The molecule has 3 unspecified atom stereocenters. The topological polar surface area (TPSA) is 148 Å². The van der Waals surface area contributed by atoms with Crippen molar-refractivity contribution in [2.24, 2.45) is 5.92 Å². The Morgan fingerprint density at radius 3 is 2.32 bits per heavy atom. The number of hydrogen-bond donors (Lipinski definition) is 3. The molecule has 3 atom stereocenters. The maximum atomic E-state index is 12.8. The average Bonchev–Trinajstić information content (AvgIpc) is 3.17. The Morgan fingerprint density at radius 2 is 1.65 bits per heavy atom. The number of benzene rings is 3. The molecule has 10 nitrogen and oxygen atoms in total. The summed E-state index contributed by atoms with van der Waals surface area (Å²) in [5, 5.41) is 35.8. The first-order valence-corrected chi connectivity index (χ1v) is 11.7. The molecule has 0 fully saturated rings. The van der Waals surface area contributed by atoms with Crippen LogP contribution in [0.2, 0.25) is 0 Å². The predicted octanol–water partition coefficient (Wildman–Crippen LogP) is 3.20. The molecule has 1 aliphatic rings. The SMILES string of the molecule is CCC(C(=O)OCc1ccccc1)C(=O)OCc1ccccc1C1(O)NC(O)c2cc([N+](=O)[O-])ccc21. The van der Waals surface area contributed by atoms with Crippen LogP contribution in [0.1, 0.15) is 47.4 Å². The molecule has 0 radical (unpaired) electrons. The first kappa shape index (κ1) is 26.0. The monoisotopic (exact) mass is 506 g/mol.